The summed E-state index contributed by atoms with van der Waals surface area (Å²) in [6, 6.07) is 8.57. The number of likely N-dealkylation sites (tertiary alicyclic amines) is 1. The highest BCUT2D eigenvalue weighted by molar-refractivity contribution is 7.12. The molecule has 3 rings (SSSR count). The van der Waals surface area contributed by atoms with E-state index in [4.69, 9.17) is 4.74 Å². The van der Waals surface area contributed by atoms with Gasteiger partial charge in [0.25, 0.3) is 5.91 Å². The second kappa shape index (κ2) is 8.45. The average molecular weight is 362 g/mol. The lowest BCUT2D eigenvalue weighted by atomic mass is 9.97. The minimum absolute atomic E-state index is 0.00837. The van der Waals surface area contributed by atoms with Gasteiger partial charge in [0, 0.05) is 25.2 Å². The van der Waals surface area contributed by atoms with Gasteiger partial charge in [-0.15, -0.1) is 11.3 Å². The maximum absolute atomic E-state index is 14.0. The van der Waals surface area contributed by atoms with E-state index in [0.29, 0.717) is 30.3 Å². The highest BCUT2D eigenvalue weighted by Crippen LogP contribution is 2.22. The molecule has 25 heavy (non-hydrogen) atoms. The number of hydrogen-bond donors (Lipinski definition) is 1. The molecule has 1 aliphatic heterocycles. The number of halogens is 1. The molecule has 1 aromatic heterocycles. The molecule has 1 aliphatic rings. The molecule has 1 N–H and O–H groups in total. The predicted molar refractivity (Wildman–Crippen MR) is 97.6 cm³/mol. The monoisotopic (exact) mass is 362 g/mol. The molecule has 4 nitrogen and oxygen atoms in total. The second-order valence-corrected chi connectivity index (χ2v) is 7.34. The van der Waals surface area contributed by atoms with Crippen LogP contribution in [-0.4, -0.2) is 37.6 Å². The van der Waals surface area contributed by atoms with Crippen molar-refractivity contribution in [3.8, 4) is 5.75 Å². The van der Waals surface area contributed by atoms with Crippen molar-refractivity contribution in [3.05, 3.63) is 52.0 Å². The van der Waals surface area contributed by atoms with Crippen LogP contribution in [0.2, 0.25) is 0 Å². The predicted octanol–water partition coefficient (Wildman–Crippen LogP) is 3.54. The fraction of sp³-hybridized carbons (Fsp3) is 0.421. The zero-order chi connectivity index (χ0) is 17.6. The summed E-state index contributed by atoms with van der Waals surface area (Å²) in [5, 5.41) is 4.92. The summed E-state index contributed by atoms with van der Waals surface area (Å²) < 4.78 is 19.2. The van der Waals surface area contributed by atoms with Gasteiger partial charge in [0.05, 0.1) is 12.0 Å². The molecule has 2 heterocycles. The highest BCUT2D eigenvalue weighted by atomic mass is 32.1. The number of piperidine rings is 1. The Morgan fingerprint density at radius 1 is 1.44 bits per heavy atom. The van der Waals surface area contributed by atoms with Crippen LogP contribution in [0.15, 0.2) is 35.7 Å². The first-order valence-electron chi connectivity index (χ1n) is 8.52. The maximum atomic E-state index is 14.0. The lowest BCUT2D eigenvalue weighted by molar-refractivity contribution is 0.0934. The van der Waals surface area contributed by atoms with Crippen LogP contribution in [0.1, 0.15) is 28.1 Å². The number of nitrogens with zero attached hydrogens (tertiary/aromatic N) is 1. The molecular weight excluding hydrogens is 339 g/mol. The minimum atomic E-state index is -0.200. The van der Waals surface area contributed by atoms with Crippen molar-refractivity contribution in [2.75, 3.05) is 26.7 Å². The topological polar surface area (TPSA) is 41.6 Å². The van der Waals surface area contributed by atoms with E-state index in [9.17, 15) is 9.18 Å². The first-order chi connectivity index (χ1) is 12.2. The number of hydrogen-bond acceptors (Lipinski definition) is 4. The first-order valence-corrected chi connectivity index (χ1v) is 9.40. The molecule has 1 aromatic carbocycles. The van der Waals surface area contributed by atoms with Crippen molar-refractivity contribution in [2.45, 2.75) is 19.4 Å². The van der Waals surface area contributed by atoms with Gasteiger partial charge >= 0.3 is 0 Å². The van der Waals surface area contributed by atoms with Gasteiger partial charge in [-0.2, -0.15) is 0 Å². The molecule has 0 aliphatic carbocycles. The molecule has 0 bridgehead atoms. The largest absolute Gasteiger partial charge is 0.497 e. The number of rotatable bonds is 6. The van der Waals surface area contributed by atoms with Crippen molar-refractivity contribution in [3.63, 3.8) is 0 Å². The van der Waals surface area contributed by atoms with E-state index >= 15 is 0 Å². The number of thiophene rings is 1. The summed E-state index contributed by atoms with van der Waals surface area (Å²) >= 11 is 1.45. The Bertz CT molecular complexity index is 705. The van der Waals surface area contributed by atoms with Crippen molar-refractivity contribution in [2.24, 2.45) is 5.92 Å². The van der Waals surface area contributed by atoms with Gasteiger partial charge in [0.1, 0.15) is 11.6 Å². The molecule has 2 aromatic rings. The Hall–Kier alpha value is -1.92. The number of nitrogens with one attached hydrogen (secondary N) is 1. The standard InChI is InChI=1S/C19H23FN2O2S/c1-24-16-6-7-17(20)15(10-16)13-22-8-2-4-14(12-22)11-21-19(23)18-5-3-9-25-18/h3,5-7,9-10,14H,2,4,8,11-13H2,1H3,(H,21,23). The molecule has 1 saturated heterocycles. The molecule has 1 atom stereocenters. The Morgan fingerprint density at radius 3 is 3.08 bits per heavy atom. The van der Waals surface area contributed by atoms with Gasteiger partial charge in [0.2, 0.25) is 0 Å². The summed E-state index contributed by atoms with van der Waals surface area (Å²) in [7, 11) is 1.59. The Balaban J connectivity index is 1.53. The van der Waals surface area contributed by atoms with E-state index in [2.05, 4.69) is 10.2 Å². The number of carbonyl (C=O) groups is 1. The normalized spacial score (nSPS) is 18.1. The molecular formula is C19H23FN2O2S. The molecule has 134 valence electrons. The van der Waals surface area contributed by atoms with Crippen LogP contribution in [0, 0.1) is 11.7 Å². The minimum Gasteiger partial charge on any atom is -0.497 e. The molecule has 0 spiro atoms. The van der Waals surface area contributed by atoms with Crippen LogP contribution >= 0.6 is 11.3 Å². The van der Waals surface area contributed by atoms with E-state index in [0.717, 1.165) is 30.8 Å². The molecule has 1 amide bonds. The third kappa shape index (κ3) is 4.80. The summed E-state index contributed by atoms with van der Waals surface area (Å²) in [6.07, 6.45) is 2.15. The van der Waals surface area contributed by atoms with Crippen LogP contribution in [-0.2, 0) is 6.54 Å². The van der Waals surface area contributed by atoms with Crippen LogP contribution < -0.4 is 10.1 Å². The number of amides is 1. The third-order valence-corrected chi connectivity index (χ3v) is 5.41. The van der Waals surface area contributed by atoms with E-state index < -0.39 is 0 Å². The fourth-order valence-electron chi connectivity index (χ4n) is 3.23. The zero-order valence-corrected chi connectivity index (χ0v) is 15.2. The van der Waals surface area contributed by atoms with Crippen molar-refractivity contribution >= 4 is 17.2 Å². The molecule has 0 radical (unpaired) electrons. The van der Waals surface area contributed by atoms with E-state index in [1.807, 2.05) is 17.5 Å². The molecule has 0 saturated carbocycles. The Labute approximate surface area is 151 Å². The van der Waals surface area contributed by atoms with E-state index in [1.165, 1.54) is 17.4 Å². The fourth-order valence-corrected chi connectivity index (χ4v) is 3.87. The van der Waals surface area contributed by atoms with Crippen molar-refractivity contribution in [1.82, 2.24) is 10.2 Å². The van der Waals surface area contributed by atoms with Gasteiger partial charge in [-0.3, -0.25) is 9.69 Å². The van der Waals surface area contributed by atoms with E-state index in [-0.39, 0.29) is 11.7 Å². The SMILES string of the molecule is COc1ccc(F)c(CN2CCCC(CNC(=O)c3cccs3)C2)c1. The number of carbonyl (C=O) groups excluding carboxylic acids is 1. The van der Waals surface area contributed by atoms with Crippen molar-refractivity contribution in [1.29, 1.82) is 0 Å². The Morgan fingerprint density at radius 2 is 2.32 bits per heavy atom. The second-order valence-electron chi connectivity index (χ2n) is 6.39. The van der Waals surface area contributed by atoms with Crippen molar-refractivity contribution < 1.29 is 13.9 Å². The van der Waals surface area contributed by atoms with Gasteiger partial charge in [-0.25, -0.2) is 4.39 Å². The van der Waals surface area contributed by atoms with Crippen LogP contribution in [0.3, 0.4) is 0 Å². The number of methoxy groups -OCH3 is 1. The lowest BCUT2D eigenvalue weighted by Crippen LogP contribution is -2.40. The first kappa shape index (κ1) is 17.9. The van der Waals surface area contributed by atoms with Crippen LogP contribution in [0.25, 0.3) is 0 Å². The highest BCUT2D eigenvalue weighted by Gasteiger charge is 2.22. The summed E-state index contributed by atoms with van der Waals surface area (Å²) in [5.74, 6) is 0.861. The quantitative estimate of drug-likeness (QED) is 0.855. The zero-order valence-electron chi connectivity index (χ0n) is 14.3. The smallest absolute Gasteiger partial charge is 0.261 e. The van der Waals surface area contributed by atoms with E-state index in [1.54, 1.807) is 19.2 Å². The summed E-state index contributed by atoms with van der Waals surface area (Å²) in [6.45, 7) is 3.04. The summed E-state index contributed by atoms with van der Waals surface area (Å²) in [5.41, 5.74) is 0.655. The van der Waals surface area contributed by atoms with Crippen LogP contribution in [0.4, 0.5) is 4.39 Å². The lowest BCUT2D eigenvalue weighted by Gasteiger charge is -2.33. The summed E-state index contributed by atoms with van der Waals surface area (Å²) in [4.78, 5) is 15.1. The number of benzene rings is 1. The third-order valence-electron chi connectivity index (χ3n) is 4.55. The average Bonchev–Trinajstić information content (AvgIpc) is 3.17. The maximum Gasteiger partial charge on any atom is 0.261 e. The molecule has 1 fully saturated rings. The molecule has 1 unspecified atom stereocenters. The molecule has 6 heteroatoms. The van der Waals surface area contributed by atoms with Crippen LogP contribution in [0.5, 0.6) is 5.75 Å². The van der Waals surface area contributed by atoms with Gasteiger partial charge in [-0.05, 0) is 54.9 Å². The van der Waals surface area contributed by atoms with Gasteiger partial charge in [-0.1, -0.05) is 6.07 Å². The van der Waals surface area contributed by atoms with Gasteiger partial charge in [0.15, 0.2) is 0 Å². The Kier molecular flexibility index (Phi) is 6.04. The van der Waals surface area contributed by atoms with Gasteiger partial charge < -0.3 is 10.1 Å². The number of ether oxygens (including phenoxy) is 1.